The number of carbonyl (C=O) groups excluding carboxylic acids is 1. The first-order valence-electron chi connectivity index (χ1n) is 6.50. The van der Waals surface area contributed by atoms with Crippen LogP contribution in [-0.4, -0.2) is 18.6 Å². The number of para-hydroxylation sites is 1. The molecule has 0 saturated carbocycles. The van der Waals surface area contributed by atoms with Crippen LogP contribution in [-0.2, 0) is 4.79 Å². The number of nitrogens with one attached hydrogen (secondary N) is 1. The van der Waals surface area contributed by atoms with E-state index in [0.717, 1.165) is 30.6 Å². The van der Waals surface area contributed by atoms with E-state index in [9.17, 15) is 4.79 Å². The smallest absolute Gasteiger partial charge is 0.237 e. The fourth-order valence-electron chi connectivity index (χ4n) is 2.21. The summed E-state index contributed by atoms with van der Waals surface area (Å²) in [6, 6.07) is 7.42. The second-order valence-electron chi connectivity index (χ2n) is 4.63. The standard InChI is InChI=1S/C14H20N2O2/c1-2-5-11(15)14(17)16-12-8-9-18-13-7-4-3-6-10(12)13/h3-4,6-7,11-12H,2,5,8-9,15H2,1H3,(H,16,17). The molecule has 2 rings (SSSR count). The first-order chi connectivity index (χ1) is 8.72. The van der Waals surface area contributed by atoms with Crippen molar-refractivity contribution < 1.29 is 9.53 Å². The first kappa shape index (κ1) is 12.9. The Morgan fingerprint density at radius 1 is 1.56 bits per heavy atom. The van der Waals surface area contributed by atoms with Gasteiger partial charge in [0.1, 0.15) is 5.75 Å². The van der Waals surface area contributed by atoms with Gasteiger partial charge in [0.05, 0.1) is 18.7 Å². The Morgan fingerprint density at radius 2 is 2.33 bits per heavy atom. The van der Waals surface area contributed by atoms with E-state index in [4.69, 9.17) is 10.5 Å². The number of benzene rings is 1. The number of ether oxygens (including phenoxy) is 1. The molecule has 1 aliphatic heterocycles. The van der Waals surface area contributed by atoms with Crippen LogP contribution in [0.2, 0.25) is 0 Å². The highest BCUT2D eigenvalue weighted by atomic mass is 16.5. The molecular weight excluding hydrogens is 228 g/mol. The van der Waals surface area contributed by atoms with Gasteiger partial charge in [-0.2, -0.15) is 0 Å². The topological polar surface area (TPSA) is 64.4 Å². The van der Waals surface area contributed by atoms with Gasteiger partial charge in [0.25, 0.3) is 0 Å². The maximum atomic E-state index is 11.9. The van der Waals surface area contributed by atoms with Crippen LogP contribution in [0.25, 0.3) is 0 Å². The third-order valence-electron chi connectivity index (χ3n) is 3.21. The van der Waals surface area contributed by atoms with Crippen molar-refractivity contribution in [2.75, 3.05) is 6.61 Å². The minimum Gasteiger partial charge on any atom is -0.493 e. The van der Waals surface area contributed by atoms with Crippen molar-refractivity contribution in [1.29, 1.82) is 0 Å². The number of carbonyl (C=O) groups is 1. The van der Waals surface area contributed by atoms with Gasteiger partial charge in [-0.1, -0.05) is 31.5 Å². The van der Waals surface area contributed by atoms with Crippen molar-refractivity contribution in [3.63, 3.8) is 0 Å². The molecule has 1 aromatic rings. The molecule has 4 heteroatoms. The summed E-state index contributed by atoms with van der Waals surface area (Å²) in [7, 11) is 0. The summed E-state index contributed by atoms with van der Waals surface area (Å²) in [5.41, 5.74) is 6.86. The summed E-state index contributed by atoms with van der Waals surface area (Å²) in [5, 5.41) is 3.02. The molecule has 1 heterocycles. The lowest BCUT2D eigenvalue weighted by molar-refractivity contribution is -0.123. The molecule has 1 amide bonds. The molecule has 0 fully saturated rings. The Labute approximate surface area is 108 Å². The average molecular weight is 248 g/mol. The third kappa shape index (κ3) is 2.82. The maximum Gasteiger partial charge on any atom is 0.237 e. The number of fused-ring (bicyclic) bond motifs is 1. The van der Waals surface area contributed by atoms with Crippen LogP contribution in [0.3, 0.4) is 0 Å². The monoisotopic (exact) mass is 248 g/mol. The molecule has 98 valence electrons. The molecule has 0 spiro atoms. The largest absolute Gasteiger partial charge is 0.493 e. The van der Waals surface area contributed by atoms with Gasteiger partial charge < -0.3 is 15.8 Å². The molecule has 1 aliphatic rings. The Kier molecular flexibility index (Phi) is 4.20. The Morgan fingerprint density at radius 3 is 3.11 bits per heavy atom. The minimum atomic E-state index is -0.412. The van der Waals surface area contributed by atoms with Crippen molar-refractivity contribution in [2.24, 2.45) is 5.73 Å². The van der Waals surface area contributed by atoms with Gasteiger partial charge in [0.15, 0.2) is 0 Å². The fraction of sp³-hybridized carbons (Fsp3) is 0.500. The molecule has 3 N–H and O–H groups in total. The van der Waals surface area contributed by atoms with E-state index >= 15 is 0 Å². The molecule has 2 unspecified atom stereocenters. The highest BCUT2D eigenvalue weighted by molar-refractivity contribution is 5.82. The molecule has 2 atom stereocenters. The van der Waals surface area contributed by atoms with E-state index in [0.29, 0.717) is 6.61 Å². The van der Waals surface area contributed by atoms with Gasteiger partial charge in [-0.3, -0.25) is 4.79 Å². The number of hydrogen-bond donors (Lipinski definition) is 2. The zero-order valence-corrected chi connectivity index (χ0v) is 10.7. The van der Waals surface area contributed by atoms with Crippen LogP contribution in [0, 0.1) is 0 Å². The zero-order valence-electron chi connectivity index (χ0n) is 10.7. The molecule has 0 saturated heterocycles. The van der Waals surface area contributed by atoms with Crippen LogP contribution < -0.4 is 15.8 Å². The van der Waals surface area contributed by atoms with E-state index in [1.165, 1.54) is 0 Å². The van der Waals surface area contributed by atoms with Crippen molar-refractivity contribution in [3.05, 3.63) is 29.8 Å². The molecule has 0 radical (unpaired) electrons. The molecule has 18 heavy (non-hydrogen) atoms. The quantitative estimate of drug-likeness (QED) is 0.853. The van der Waals surface area contributed by atoms with Crippen LogP contribution in [0.15, 0.2) is 24.3 Å². The van der Waals surface area contributed by atoms with Gasteiger partial charge in [0.2, 0.25) is 5.91 Å². The SMILES string of the molecule is CCCC(N)C(=O)NC1CCOc2ccccc21. The average Bonchev–Trinajstić information content (AvgIpc) is 2.39. The highest BCUT2D eigenvalue weighted by Gasteiger charge is 2.24. The number of rotatable bonds is 4. The third-order valence-corrected chi connectivity index (χ3v) is 3.21. The summed E-state index contributed by atoms with van der Waals surface area (Å²) in [5.74, 6) is 0.789. The predicted molar refractivity (Wildman–Crippen MR) is 70.3 cm³/mol. The summed E-state index contributed by atoms with van der Waals surface area (Å²) in [6.45, 7) is 2.65. The Hall–Kier alpha value is -1.55. The lowest BCUT2D eigenvalue weighted by Gasteiger charge is -2.27. The number of amides is 1. The van der Waals surface area contributed by atoms with Crippen LogP contribution in [0.5, 0.6) is 5.75 Å². The summed E-state index contributed by atoms with van der Waals surface area (Å²) < 4.78 is 5.56. The van der Waals surface area contributed by atoms with E-state index in [1.807, 2.05) is 31.2 Å². The predicted octanol–water partition coefficient (Wildman–Crippen LogP) is 1.75. The molecule has 0 aromatic heterocycles. The second kappa shape index (κ2) is 5.87. The lowest BCUT2D eigenvalue weighted by Crippen LogP contribution is -2.43. The van der Waals surface area contributed by atoms with E-state index in [1.54, 1.807) is 0 Å². The number of nitrogens with two attached hydrogens (primary N) is 1. The van der Waals surface area contributed by atoms with E-state index in [2.05, 4.69) is 5.32 Å². The van der Waals surface area contributed by atoms with Crippen molar-refractivity contribution in [3.8, 4) is 5.75 Å². The molecule has 1 aromatic carbocycles. The summed E-state index contributed by atoms with van der Waals surface area (Å²) in [4.78, 5) is 11.9. The van der Waals surface area contributed by atoms with Crippen LogP contribution in [0.4, 0.5) is 0 Å². The van der Waals surface area contributed by atoms with Gasteiger partial charge >= 0.3 is 0 Å². The Balaban J connectivity index is 2.05. The number of hydrogen-bond acceptors (Lipinski definition) is 3. The molecule has 4 nitrogen and oxygen atoms in total. The van der Waals surface area contributed by atoms with Crippen molar-refractivity contribution in [2.45, 2.75) is 38.3 Å². The van der Waals surface area contributed by atoms with Gasteiger partial charge in [0, 0.05) is 12.0 Å². The Bertz CT molecular complexity index is 420. The highest BCUT2D eigenvalue weighted by Crippen LogP contribution is 2.31. The molecule has 0 bridgehead atoms. The van der Waals surface area contributed by atoms with Gasteiger partial charge in [-0.25, -0.2) is 0 Å². The normalized spacial score (nSPS) is 19.6. The fourth-order valence-corrected chi connectivity index (χ4v) is 2.21. The van der Waals surface area contributed by atoms with Gasteiger partial charge in [-0.05, 0) is 12.5 Å². The minimum absolute atomic E-state index is 0.0188. The van der Waals surface area contributed by atoms with Gasteiger partial charge in [-0.15, -0.1) is 0 Å². The van der Waals surface area contributed by atoms with Crippen LogP contribution in [0.1, 0.15) is 37.8 Å². The first-order valence-corrected chi connectivity index (χ1v) is 6.50. The molecular formula is C14H20N2O2. The maximum absolute atomic E-state index is 11.9. The van der Waals surface area contributed by atoms with Crippen LogP contribution >= 0.6 is 0 Å². The molecule has 0 aliphatic carbocycles. The summed E-state index contributed by atoms with van der Waals surface area (Å²) >= 11 is 0. The lowest BCUT2D eigenvalue weighted by atomic mass is 10.00. The van der Waals surface area contributed by atoms with E-state index in [-0.39, 0.29) is 11.9 Å². The van der Waals surface area contributed by atoms with Crippen molar-refractivity contribution in [1.82, 2.24) is 5.32 Å². The zero-order chi connectivity index (χ0) is 13.0. The summed E-state index contributed by atoms with van der Waals surface area (Å²) in [6.07, 6.45) is 2.43. The van der Waals surface area contributed by atoms with E-state index < -0.39 is 6.04 Å². The van der Waals surface area contributed by atoms with Crippen molar-refractivity contribution >= 4 is 5.91 Å². The second-order valence-corrected chi connectivity index (χ2v) is 4.63.